The number of hydrogen-bond acceptors (Lipinski definition) is 5. The molecular weight excluding hydrogens is 695 g/mol. The highest BCUT2D eigenvalue weighted by Gasteiger charge is 2.18. The molecule has 56 heavy (non-hydrogen) atoms. The Morgan fingerprint density at radius 1 is 0.482 bits per heavy atom. The van der Waals surface area contributed by atoms with Gasteiger partial charge in [-0.25, -0.2) is 0 Å². The van der Waals surface area contributed by atoms with Gasteiger partial charge >= 0.3 is 5.97 Å². The Hall–Kier alpha value is -1.92. The van der Waals surface area contributed by atoms with E-state index in [1.54, 1.807) is 6.08 Å². The van der Waals surface area contributed by atoms with Gasteiger partial charge in [0.05, 0.1) is 25.4 Å². The predicted octanol–water partition coefficient (Wildman–Crippen LogP) is 14.1. The Balaban J connectivity index is 3.47. The van der Waals surface area contributed by atoms with Crippen LogP contribution in [0.1, 0.15) is 245 Å². The van der Waals surface area contributed by atoms with Crippen LogP contribution >= 0.6 is 0 Å². The van der Waals surface area contributed by atoms with Gasteiger partial charge in [-0.2, -0.15) is 0 Å². The van der Waals surface area contributed by atoms with Gasteiger partial charge in [-0.15, -0.1) is 0 Å². The zero-order chi connectivity index (χ0) is 40.8. The number of esters is 1. The molecule has 328 valence electrons. The monoisotopic (exact) mass is 788 g/mol. The van der Waals surface area contributed by atoms with Crippen LogP contribution in [-0.4, -0.2) is 47.4 Å². The summed E-state index contributed by atoms with van der Waals surface area (Å²) in [7, 11) is 0. The number of carbonyl (C=O) groups is 2. The molecule has 0 aliphatic heterocycles. The van der Waals surface area contributed by atoms with Crippen molar-refractivity contribution in [2.24, 2.45) is 0 Å². The molecule has 3 N–H and O–H groups in total. The third-order valence-electron chi connectivity index (χ3n) is 10.9. The predicted molar refractivity (Wildman–Crippen MR) is 241 cm³/mol. The van der Waals surface area contributed by atoms with Crippen LogP contribution in [0.25, 0.3) is 0 Å². The molecule has 0 aromatic rings. The van der Waals surface area contributed by atoms with E-state index in [2.05, 4.69) is 43.5 Å². The highest BCUT2D eigenvalue weighted by atomic mass is 16.5. The number of aliphatic hydroxyl groups is 2. The molecule has 0 spiro atoms. The maximum Gasteiger partial charge on any atom is 0.305 e. The molecule has 0 bridgehead atoms. The van der Waals surface area contributed by atoms with Gasteiger partial charge in [0.15, 0.2) is 0 Å². The van der Waals surface area contributed by atoms with E-state index in [-0.39, 0.29) is 18.5 Å². The van der Waals surface area contributed by atoms with Crippen molar-refractivity contribution in [2.75, 3.05) is 13.2 Å². The van der Waals surface area contributed by atoms with Crippen molar-refractivity contribution in [2.45, 2.75) is 257 Å². The van der Waals surface area contributed by atoms with Crippen molar-refractivity contribution in [1.29, 1.82) is 0 Å². The van der Waals surface area contributed by atoms with Crippen LogP contribution in [0.5, 0.6) is 0 Å². The van der Waals surface area contributed by atoms with Crippen LogP contribution in [-0.2, 0) is 14.3 Å². The van der Waals surface area contributed by atoms with E-state index in [9.17, 15) is 19.8 Å². The van der Waals surface area contributed by atoms with Crippen LogP contribution in [0, 0.1) is 0 Å². The minimum absolute atomic E-state index is 0.0132. The number of unbranched alkanes of at least 4 members (excludes halogenated alkanes) is 29. The number of carbonyl (C=O) groups excluding carboxylic acids is 2. The van der Waals surface area contributed by atoms with Gasteiger partial charge in [0.1, 0.15) is 0 Å². The second kappa shape index (κ2) is 45.8. The average molecular weight is 788 g/mol. The first kappa shape index (κ1) is 54.1. The van der Waals surface area contributed by atoms with E-state index in [0.717, 1.165) is 57.8 Å². The van der Waals surface area contributed by atoms with Crippen LogP contribution in [0.2, 0.25) is 0 Å². The molecule has 0 saturated carbocycles. The normalized spacial score (nSPS) is 13.0. The Labute approximate surface area is 347 Å². The lowest BCUT2D eigenvalue weighted by Crippen LogP contribution is -2.45. The topological polar surface area (TPSA) is 95.9 Å². The summed E-state index contributed by atoms with van der Waals surface area (Å²) >= 11 is 0. The SMILES string of the molecule is CCCCCC/C=C\CCCCCCCC(=O)OCCCCCCCC/C=C\CCCCCCCCCC(=O)NC(CO)C(O)/C=C/CCCCCCCCC. The molecule has 0 aliphatic carbocycles. The molecular formula is C50H93NO5. The second-order valence-electron chi connectivity index (χ2n) is 16.4. The zero-order valence-electron chi connectivity index (χ0n) is 37.1. The number of aliphatic hydroxyl groups excluding tert-OH is 2. The first-order valence-corrected chi connectivity index (χ1v) is 24.3. The highest BCUT2D eigenvalue weighted by Crippen LogP contribution is 2.14. The number of ether oxygens (including phenoxy) is 1. The molecule has 2 atom stereocenters. The van der Waals surface area contributed by atoms with Gasteiger partial charge in [-0.1, -0.05) is 185 Å². The Kier molecular flexibility index (Phi) is 44.2. The van der Waals surface area contributed by atoms with Gasteiger partial charge in [0.25, 0.3) is 0 Å². The quantitative estimate of drug-likeness (QED) is 0.0325. The molecule has 6 heteroatoms. The summed E-state index contributed by atoms with van der Waals surface area (Å²) in [5.41, 5.74) is 0. The number of amides is 1. The van der Waals surface area contributed by atoms with Gasteiger partial charge in [-0.3, -0.25) is 9.59 Å². The number of nitrogens with one attached hydrogen (secondary N) is 1. The summed E-state index contributed by atoms with van der Waals surface area (Å²) in [6.45, 7) is 4.82. The Morgan fingerprint density at radius 2 is 0.839 bits per heavy atom. The van der Waals surface area contributed by atoms with E-state index in [1.807, 2.05) is 6.08 Å². The fraction of sp³-hybridized carbons (Fsp3) is 0.840. The zero-order valence-corrected chi connectivity index (χ0v) is 37.1. The van der Waals surface area contributed by atoms with Gasteiger partial charge in [0, 0.05) is 12.8 Å². The number of hydrogen-bond donors (Lipinski definition) is 3. The fourth-order valence-corrected chi connectivity index (χ4v) is 7.09. The van der Waals surface area contributed by atoms with Gasteiger partial charge in [-0.05, 0) is 83.5 Å². The highest BCUT2D eigenvalue weighted by molar-refractivity contribution is 5.76. The Bertz CT molecular complexity index is 915. The lowest BCUT2D eigenvalue weighted by molar-refractivity contribution is -0.143. The van der Waals surface area contributed by atoms with Crippen LogP contribution in [0.3, 0.4) is 0 Å². The minimum atomic E-state index is -0.850. The largest absolute Gasteiger partial charge is 0.466 e. The van der Waals surface area contributed by atoms with Gasteiger partial charge in [0.2, 0.25) is 5.91 Å². The van der Waals surface area contributed by atoms with Crippen molar-refractivity contribution >= 4 is 11.9 Å². The lowest BCUT2D eigenvalue weighted by atomic mass is 10.1. The smallest absolute Gasteiger partial charge is 0.305 e. The van der Waals surface area contributed by atoms with E-state index >= 15 is 0 Å². The molecule has 2 unspecified atom stereocenters. The van der Waals surface area contributed by atoms with Crippen LogP contribution in [0.4, 0.5) is 0 Å². The van der Waals surface area contributed by atoms with E-state index < -0.39 is 12.1 Å². The van der Waals surface area contributed by atoms with Crippen molar-refractivity contribution in [3.63, 3.8) is 0 Å². The van der Waals surface area contributed by atoms with Crippen LogP contribution in [0.15, 0.2) is 36.5 Å². The van der Waals surface area contributed by atoms with Crippen LogP contribution < -0.4 is 5.32 Å². The third kappa shape index (κ3) is 41.7. The molecule has 1 amide bonds. The summed E-state index contributed by atoms with van der Waals surface area (Å²) in [6.07, 6.45) is 54.3. The molecule has 0 aromatic carbocycles. The number of rotatable bonds is 44. The summed E-state index contributed by atoms with van der Waals surface area (Å²) in [5, 5.41) is 22.9. The van der Waals surface area contributed by atoms with Gasteiger partial charge < -0.3 is 20.3 Å². The number of allylic oxidation sites excluding steroid dienone is 5. The molecule has 0 aliphatic rings. The van der Waals surface area contributed by atoms with Crippen molar-refractivity contribution < 1.29 is 24.5 Å². The summed E-state index contributed by atoms with van der Waals surface area (Å²) < 4.78 is 5.44. The summed E-state index contributed by atoms with van der Waals surface area (Å²) in [5.74, 6) is -0.0975. The molecule has 6 nitrogen and oxygen atoms in total. The average Bonchev–Trinajstić information content (AvgIpc) is 3.20. The molecule has 0 fully saturated rings. The molecule has 0 heterocycles. The van der Waals surface area contributed by atoms with Crippen molar-refractivity contribution in [3.05, 3.63) is 36.5 Å². The fourth-order valence-electron chi connectivity index (χ4n) is 7.09. The Morgan fingerprint density at radius 3 is 1.29 bits per heavy atom. The maximum absolute atomic E-state index is 12.3. The van der Waals surface area contributed by atoms with E-state index in [1.165, 1.54) is 161 Å². The molecule has 0 aromatic heterocycles. The molecule has 0 saturated heterocycles. The standard InChI is InChI=1S/C50H93NO5/c1-3-5-7-9-11-13-14-20-24-28-32-36-40-44-50(55)56-45-41-37-33-29-25-22-19-17-15-16-18-21-23-27-31-35-39-43-49(54)51-47(46-52)48(53)42-38-34-30-26-12-10-8-6-4-2/h13-15,17,38,42,47-48,52-53H,3-12,16,18-37,39-41,43-46H2,1-2H3,(H,51,54)/b14-13-,17-15-,42-38+. The first-order valence-electron chi connectivity index (χ1n) is 24.3. The second-order valence-corrected chi connectivity index (χ2v) is 16.4. The molecule has 0 radical (unpaired) electrons. The van der Waals surface area contributed by atoms with E-state index in [4.69, 9.17) is 4.74 Å². The minimum Gasteiger partial charge on any atom is -0.466 e. The van der Waals surface area contributed by atoms with E-state index in [0.29, 0.717) is 19.4 Å². The summed E-state index contributed by atoms with van der Waals surface area (Å²) in [6, 6.07) is -0.634. The lowest BCUT2D eigenvalue weighted by Gasteiger charge is -2.20. The van der Waals surface area contributed by atoms with Crippen molar-refractivity contribution in [1.82, 2.24) is 5.32 Å². The summed E-state index contributed by atoms with van der Waals surface area (Å²) in [4.78, 5) is 24.3. The maximum atomic E-state index is 12.3. The first-order chi connectivity index (χ1) is 27.5. The van der Waals surface area contributed by atoms with Crippen molar-refractivity contribution in [3.8, 4) is 0 Å². The third-order valence-corrected chi connectivity index (χ3v) is 10.9. The molecule has 0 rings (SSSR count).